The number of anilines is 1. The Labute approximate surface area is 125 Å². The van der Waals surface area contributed by atoms with Crippen LogP contribution < -0.4 is 11.1 Å². The van der Waals surface area contributed by atoms with Gasteiger partial charge in [0.15, 0.2) is 0 Å². The molecular formula is C16H21N3S. The topological polar surface area (TPSA) is 50.9 Å². The first-order valence-electron chi connectivity index (χ1n) is 6.91. The lowest BCUT2D eigenvalue weighted by atomic mass is 9.99. The number of benzene rings is 1. The summed E-state index contributed by atoms with van der Waals surface area (Å²) in [5.74, 6) is 1.09. The lowest BCUT2D eigenvalue weighted by Crippen LogP contribution is -2.23. The van der Waals surface area contributed by atoms with E-state index in [0.29, 0.717) is 0 Å². The maximum Gasteiger partial charge on any atom is 0.0612 e. The Balaban J connectivity index is 2.31. The number of rotatable bonds is 6. The first kappa shape index (κ1) is 14.9. The van der Waals surface area contributed by atoms with Gasteiger partial charge in [-0.15, -0.1) is 11.8 Å². The minimum atomic E-state index is 0.0920. The van der Waals surface area contributed by atoms with Crippen molar-refractivity contribution in [1.82, 2.24) is 10.3 Å². The normalized spacial score (nSPS) is 12.3. The Morgan fingerprint density at radius 3 is 2.55 bits per heavy atom. The van der Waals surface area contributed by atoms with E-state index in [0.717, 1.165) is 23.5 Å². The molecule has 106 valence electrons. The van der Waals surface area contributed by atoms with Gasteiger partial charge in [0, 0.05) is 28.5 Å². The molecule has 3 nitrogen and oxygen atoms in total. The van der Waals surface area contributed by atoms with Crippen LogP contribution in [0, 0.1) is 0 Å². The highest BCUT2D eigenvalue weighted by Crippen LogP contribution is 2.27. The fourth-order valence-electron chi connectivity index (χ4n) is 2.19. The van der Waals surface area contributed by atoms with Gasteiger partial charge in [-0.1, -0.05) is 26.0 Å². The van der Waals surface area contributed by atoms with Crippen LogP contribution in [-0.4, -0.2) is 17.3 Å². The summed E-state index contributed by atoms with van der Waals surface area (Å²) in [4.78, 5) is 5.49. The zero-order chi connectivity index (χ0) is 14.4. The fourth-order valence-corrected chi connectivity index (χ4v) is 2.86. The molecule has 0 aliphatic heterocycles. The average Bonchev–Trinajstić information content (AvgIpc) is 2.47. The summed E-state index contributed by atoms with van der Waals surface area (Å²) in [7, 11) is 0. The molecule has 1 aromatic carbocycles. The van der Waals surface area contributed by atoms with Gasteiger partial charge in [0.25, 0.3) is 0 Å². The van der Waals surface area contributed by atoms with Crippen LogP contribution in [0.3, 0.4) is 0 Å². The molecule has 0 saturated heterocycles. The largest absolute Gasteiger partial charge is 0.398 e. The van der Waals surface area contributed by atoms with Crippen LogP contribution in [-0.2, 0) is 0 Å². The molecule has 20 heavy (non-hydrogen) atoms. The molecule has 0 fully saturated rings. The molecule has 2 rings (SSSR count). The summed E-state index contributed by atoms with van der Waals surface area (Å²) >= 11 is 1.85. The van der Waals surface area contributed by atoms with Crippen molar-refractivity contribution in [3.63, 3.8) is 0 Å². The van der Waals surface area contributed by atoms with Crippen LogP contribution in [0.25, 0.3) is 0 Å². The number of pyridine rings is 1. The number of hydrogen-bond acceptors (Lipinski definition) is 4. The Morgan fingerprint density at radius 2 is 1.95 bits per heavy atom. The van der Waals surface area contributed by atoms with E-state index in [1.54, 1.807) is 6.20 Å². The molecule has 3 N–H and O–H groups in total. The summed E-state index contributed by atoms with van der Waals surface area (Å²) < 4.78 is 0. The molecule has 0 aliphatic carbocycles. The second kappa shape index (κ2) is 7.31. The van der Waals surface area contributed by atoms with Crippen molar-refractivity contribution in [2.75, 3.05) is 18.0 Å². The number of thioether (sulfide) groups is 1. The third-order valence-corrected chi connectivity index (χ3v) is 4.02. The van der Waals surface area contributed by atoms with E-state index in [9.17, 15) is 0 Å². The lowest BCUT2D eigenvalue weighted by molar-refractivity contribution is 0.630. The first-order chi connectivity index (χ1) is 9.76. The van der Waals surface area contributed by atoms with Crippen LogP contribution in [0.5, 0.6) is 0 Å². The predicted molar refractivity (Wildman–Crippen MR) is 87.0 cm³/mol. The van der Waals surface area contributed by atoms with E-state index in [2.05, 4.69) is 48.4 Å². The van der Waals surface area contributed by atoms with Crippen molar-refractivity contribution in [2.24, 2.45) is 0 Å². The van der Waals surface area contributed by atoms with Crippen LogP contribution in [0.15, 0.2) is 47.6 Å². The van der Waals surface area contributed by atoms with Crippen LogP contribution in [0.2, 0.25) is 0 Å². The third kappa shape index (κ3) is 3.52. The van der Waals surface area contributed by atoms with Gasteiger partial charge in [-0.2, -0.15) is 0 Å². The van der Waals surface area contributed by atoms with Gasteiger partial charge in [-0.25, -0.2) is 0 Å². The molecule has 1 unspecified atom stereocenters. The van der Waals surface area contributed by atoms with Gasteiger partial charge in [-0.3, -0.25) is 4.98 Å². The predicted octanol–water partition coefficient (Wildman–Crippen LogP) is 3.47. The van der Waals surface area contributed by atoms with E-state index in [4.69, 9.17) is 5.73 Å². The Kier molecular flexibility index (Phi) is 5.44. The van der Waals surface area contributed by atoms with E-state index >= 15 is 0 Å². The zero-order valence-corrected chi connectivity index (χ0v) is 12.8. The van der Waals surface area contributed by atoms with E-state index in [-0.39, 0.29) is 6.04 Å². The summed E-state index contributed by atoms with van der Waals surface area (Å²) in [6, 6.07) is 10.6. The second-order valence-corrected chi connectivity index (χ2v) is 5.83. The van der Waals surface area contributed by atoms with Gasteiger partial charge in [0.2, 0.25) is 0 Å². The molecule has 0 aliphatic rings. The molecule has 4 heteroatoms. The van der Waals surface area contributed by atoms with Crippen LogP contribution in [0.4, 0.5) is 5.69 Å². The highest BCUT2D eigenvalue weighted by atomic mass is 32.2. The van der Waals surface area contributed by atoms with E-state index in [1.165, 1.54) is 10.5 Å². The molecule has 0 bridgehead atoms. The molecule has 1 atom stereocenters. The Bertz CT molecular complexity index is 540. The molecular weight excluding hydrogens is 266 g/mol. The number of nitrogens with one attached hydrogen (secondary N) is 1. The minimum Gasteiger partial charge on any atom is -0.398 e. The zero-order valence-electron chi connectivity index (χ0n) is 12.0. The average molecular weight is 287 g/mol. The second-order valence-electron chi connectivity index (χ2n) is 4.50. The van der Waals surface area contributed by atoms with Crippen molar-refractivity contribution >= 4 is 17.4 Å². The summed E-state index contributed by atoms with van der Waals surface area (Å²) in [5.41, 5.74) is 9.11. The lowest BCUT2D eigenvalue weighted by Gasteiger charge is -2.20. The van der Waals surface area contributed by atoms with Crippen molar-refractivity contribution in [2.45, 2.75) is 24.8 Å². The third-order valence-electron chi connectivity index (χ3n) is 3.13. The van der Waals surface area contributed by atoms with E-state index in [1.807, 2.05) is 24.0 Å². The standard InChI is InChI=1S/C16H21N3S/c1-3-19-16(14-11-18-10-9-15(14)17)12-5-7-13(8-6-12)20-4-2/h5-11,16,19H,3-4H2,1-2H3,(H2,17,18). The number of nitrogens with zero attached hydrogens (tertiary/aromatic N) is 1. The summed E-state index contributed by atoms with van der Waals surface area (Å²) in [6.45, 7) is 5.14. The number of aromatic nitrogens is 1. The number of hydrogen-bond donors (Lipinski definition) is 2. The van der Waals surface area contributed by atoms with Crippen molar-refractivity contribution < 1.29 is 0 Å². The summed E-state index contributed by atoms with van der Waals surface area (Å²) in [6.07, 6.45) is 3.57. The molecule has 1 heterocycles. The Hall–Kier alpha value is -1.52. The van der Waals surface area contributed by atoms with Gasteiger partial charge in [-0.05, 0) is 36.1 Å². The van der Waals surface area contributed by atoms with Crippen LogP contribution >= 0.6 is 11.8 Å². The van der Waals surface area contributed by atoms with Gasteiger partial charge in [0.05, 0.1) is 6.04 Å². The van der Waals surface area contributed by atoms with Crippen molar-refractivity contribution in [1.29, 1.82) is 0 Å². The molecule has 2 aromatic rings. The molecule has 0 amide bonds. The first-order valence-corrected chi connectivity index (χ1v) is 7.90. The number of nitrogens with two attached hydrogens (primary N) is 1. The van der Waals surface area contributed by atoms with Gasteiger partial charge >= 0.3 is 0 Å². The van der Waals surface area contributed by atoms with Gasteiger partial charge in [0.1, 0.15) is 0 Å². The molecule has 1 aromatic heterocycles. The van der Waals surface area contributed by atoms with Crippen molar-refractivity contribution in [3.8, 4) is 0 Å². The summed E-state index contributed by atoms with van der Waals surface area (Å²) in [5, 5.41) is 3.48. The highest BCUT2D eigenvalue weighted by molar-refractivity contribution is 7.99. The molecule has 0 radical (unpaired) electrons. The maximum atomic E-state index is 6.08. The quantitative estimate of drug-likeness (QED) is 0.799. The number of nitrogen functional groups attached to an aromatic ring is 1. The van der Waals surface area contributed by atoms with Crippen LogP contribution in [0.1, 0.15) is 31.0 Å². The van der Waals surface area contributed by atoms with Crippen molar-refractivity contribution in [3.05, 3.63) is 53.9 Å². The Morgan fingerprint density at radius 1 is 1.20 bits per heavy atom. The fraction of sp³-hybridized carbons (Fsp3) is 0.312. The highest BCUT2D eigenvalue weighted by Gasteiger charge is 2.15. The van der Waals surface area contributed by atoms with Gasteiger partial charge < -0.3 is 11.1 Å². The monoisotopic (exact) mass is 287 g/mol. The van der Waals surface area contributed by atoms with E-state index < -0.39 is 0 Å². The molecule has 0 spiro atoms. The molecule has 0 saturated carbocycles. The SMILES string of the molecule is CCNC(c1ccc(SCC)cc1)c1cnccc1N. The minimum absolute atomic E-state index is 0.0920. The smallest absolute Gasteiger partial charge is 0.0612 e. The maximum absolute atomic E-state index is 6.08.